The molecule has 0 aliphatic heterocycles. The van der Waals surface area contributed by atoms with Crippen LogP contribution in [0, 0.1) is 6.92 Å². The average molecular weight is 313 g/mol. The van der Waals surface area contributed by atoms with E-state index in [0.29, 0.717) is 12.2 Å². The number of carbonyl (C=O) groups is 1. The first-order chi connectivity index (χ1) is 11.1. The Morgan fingerprint density at radius 1 is 1.13 bits per heavy atom. The number of nitrogens with one attached hydrogen (secondary N) is 3. The minimum absolute atomic E-state index is 0.0896. The molecular formula is C17H23N5O. The summed E-state index contributed by atoms with van der Waals surface area (Å²) in [7, 11) is 0. The molecule has 0 radical (unpaired) electrons. The van der Waals surface area contributed by atoms with Gasteiger partial charge in [0.2, 0.25) is 0 Å². The highest BCUT2D eigenvalue weighted by atomic mass is 16.1. The molecule has 0 fully saturated rings. The Balaban J connectivity index is 1.84. The van der Waals surface area contributed by atoms with E-state index in [4.69, 9.17) is 0 Å². The van der Waals surface area contributed by atoms with Crippen LogP contribution in [0.25, 0.3) is 0 Å². The van der Waals surface area contributed by atoms with Crippen molar-refractivity contribution in [2.75, 3.05) is 23.7 Å². The van der Waals surface area contributed by atoms with Crippen molar-refractivity contribution in [2.24, 2.45) is 0 Å². The van der Waals surface area contributed by atoms with Gasteiger partial charge < -0.3 is 16.0 Å². The number of rotatable bonds is 7. The maximum absolute atomic E-state index is 11.9. The van der Waals surface area contributed by atoms with Gasteiger partial charge in [0, 0.05) is 37.2 Å². The molecule has 2 rings (SSSR count). The number of carbonyl (C=O) groups excluding carboxylic acids is 1. The summed E-state index contributed by atoms with van der Waals surface area (Å²) in [5.41, 5.74) is 2.40. The van der Waals surface area contributed by atoms with Gasteiger partial charge in [-0.15, -0.1) is 0 Å². The van der Waals surface area contributed by atoms with Crippen LogP contribution in [0.5, 0.6) is 0 Å². The van der Waals surface area contributed by atoms with Crippen molar-refractivity contribution < 1.29 is 4.79 Å². The zero-order valence-electron chi connectivity index (χ0n) is 13.8. The van der Waals surface area contributed by atoms with Crippen molar-refractivity contribution in [3.8, 4) is 0 Å². The van der Waals surface area contributed by atoms with E-state index < -0.39 is 0 Å². The summed E-state index contributed by atoms with van der Waals surface area (Å²) < 4.78 is 0. The van der Waals surface area contributed by atoms with Crippen molar-refractivity contribution in [2.45, 2.75) is 26.8 Å². The molecule has 1 amide bonds. The highest BCUT2D eigenvalue weighted by Gasteiger charge is 2.08. The molecule has 3 N–H and O–H groups in total. The Hall–Kier alpha value is -2.63. The Kier molecular flexibility index (Phi) is 5.91. The predicted molar refractivity (Wildman–Crippen MR) is 92.8 cm³/mol. The van der Waals surface area contributed by atoms with Crippen LogP contribution < -0.4 is 16.0 Å². The fraction of sp³-hybridized carbons (Fsp3) is 0.353. The second-order valence-electron chi connectivity index (χ2n) is 5.58. The lowest BCUT2D eigenvalue weighted by Crippen LogP contribution is -2.30. The van der Waals surface area contributed by atoms with E-state index in [0.717, 1.165) is 23.6 Å². The van der Waals surface area contributed by atoms with Gasteiger partial charge in [-0.3, -0.25) is 9.78 Å². The molecule has 0 atom stereocenters. The van der Waals surface area contributed by atoms with Crippen molar-refractivity contribution in [1.29, 1.82) is 0 Å². The maximum Gasteiger partial charge on any atom is 0.270 e. The van der Waals surface area contributed by atoms with E-state index in [2.05, 4.69) is 25.9 Å². The second-order valence-corrected chi connectivity index (χ2v) is 5.58. The zero-order chi connectivity index (χ0) is 16.7. The van der Waals surface area contributed by atoms with Gasteiger partial charge in [0.1, 0.15) is 11.5 Å². The molecule has 0 spiro atoms. The number of amides is 1. The first-order valence-corrected chi connectivity index (χ1v) is 7.72. The topological polar surface area (TPSA) is 78.9 Å². The molecule has 23 heavy (non-hydrogen) atoms. The van der Waals surface area contributed by atoms with Crippen LogP contribution in [0.1, 0.15) is 29.9 Å². The fourth-order valence-electron chi connectivity index (χ4n) is 2.06. The van der Waals surface area contributed by atoms with E-state index in [1.54, 1.807) is 18.5 Å². The lowest BCUT2D eigenvalue weighted by atomic mass is 10.2. The number of anilines is 2. The van der Waals surface area contributed by atoms with Crippen LogP contribution in [0.4, 0.5) is 11.5 Å². The zero-order valence-corrected chi connectivity index (χ0v) is 13.8. The first-order valence-electron chi connectivity index (χ1n) is 7.72. The number of nitrogens with zero attached hydrogens (tertiary/aromatic N) is 2. The summed E-state index contributed by atoms with van der Waals surface area (Å²) >= 11 is 0. The maximum atomic E-state index is 11.9. The highest BCUT2D eigenvalue weighted by molar-refractivity contribution is 5.93. The highest BCUT2D eigenvalue weighted by Crippen LogP contribution is 2.10. The number of pyridine rings is 2. The normalized spacial score (nSPS) is 10.4. The van der Waals surface area contributed by atoms with Gasteiger partial charge in [-0.05, 0) is 44.5 Å². The summed E-state index contributed by atoms with van der Waals surface area (Å²) in [4.78, 5) is 20.3. The largest absolute Gasteiger partial charge is 0.383 e. The van der Waals surface area contributed by atoms with Gasteiger partial charge in [0.25, 0.3) is 5.91 Å². The van der Waals surface area contributed by atoms with E-state index in [-0.39, 0.29) is 11.9 Å². The van der Waals surface area contributed by atoms with E-state index in [1.807, 2.05) is 39.0 Å². The van der Waals surface area contributed by atoms with Gasteiger partial charge in [0.05, 0.1) is 0 Å². The van der Waals surface area contributed by atoms with Gasteiger partial charge in [-0.2, -0.15) is 0 Å². The number of aromatic nitrogens is 2. The summed E-state index contributed by atoms with van der Waals surface area (Å²) in [6.07, 6.45) is 3.40. The van der Waals surface area contributed by atoms with Gasteiger partial charge in [-0.25, -0.2) is 4.98 Å². The number of aryl methyl sites for hydroxylation is 1. The van der Waals surface area contributed by atoms with Crippen LogP contribution in [0.3, 0.4) is 0 Å². The van der Waals surface area contributed by atoms with Crippen LogP contribution in [-0.2, 0) is 0 Å². The van der Waals surface area contributed by atoms with Gasteiger partial charge in [-0.1, -0.05) is 6.07 Å². The Labute approximate surface area is 136 Å². The van der Waals surface area contributed by atoms with Crippen LogP contribution in [0.15, 0.2) is 36.7 Å². The van der Waals surface area contributed by atoms with Crippen molar-refractivity contribution in [3.05, 3.63) is 47.9 Å². The third kappa shape index (κ3) is 5.25. The summed E-state index contributed by atoms with van der Waals surface area (Å²) in [5, 5.41) is 9.38. The van der Waals surface area contributed by atoms with Crippen molar-refractivity contribution >= 4 is 17.4 Å². The van der Waals surface area contributed by atoms with Crippen LogP contribution in [-0.4, -0.2) is 35.0 Å². The lowest BCUT2D eigenvalue weighted by molar-refractivity contribution is 0.0938. The molecule has 2 aromatic heterocycles. The monoisotopic (exact) mass is 313 g/mol. The Morgan fingerprint density at radius 3 is 2.65 bits per heavy atom. The SMILES string of the molecule is Cc1cccnc1NCCNc1ccnc(C(=O)NC(C)C)c1. The minimum atomic E-state index is -0.161. The number of hydrogen-bond donors (Lipinski definition) is 3. The Morgan fingerprint density at radius 2 is 1.91 bits per heavy atom. The van der Waals surface area contributed by atoms with Crippen molar-refractivity contribution in [1.82, 2.24) is 15.3 Å². The molecule has 0 unspecified atom stereocenters. The van der Waals surface area contributed by atoms with Crippen LogP contribution in [0.2, 0.25) is 0 Å². The van der Waals surface area contributed by atoms with E-state index in [9.17, 15) is 4.79 Å². The standard InChI is InChI=1S/C17H23N5O/c1-12(2)22-17(23)15-11-14(6-8-19-15)18-9-10-21-16-13(3)5-4-7-20-16/h4-8,11-12H,9-10H2,1-3H3,(H,18,19)(H,20,21)(H,22,23). The molecule has 2 heterocycles. The van der Waals surface area contributed by atoms with E-state index in [1.165, 1.54) is 0 Å². The average Bonchev–Trinajstić information content (AvgIpc) is 2.53. The molecule has 0 saturated carbocycles. The molecule has 0 bridgehead atoms. The van der Waals surface area contributed by atoms with Gasteiger partial charge >= 0.3 is 0 Å². The second kappa shape index (κ2) is 8.12. The minimum Gasteiger partial charge on any atom is -0.383 e. The number of hydrogen-bond acceptors (Lipinski definition) is 5. The lowest BCUT2D eigenvalue weighted by Gasteiger charge is -2.11. The quantitative estimate of drug-likeness (QED) is 0.684. The molecule has 2 aromatic rings. The Bertz CT molecular complexity index is 657. The van der Waals surface area contributed by atoms with Crippen molar-refractivity contribution in [3.63, 3.8) is 0 Å². The third-order valence-corrected chi connectivity index (χ3v) is 3.17. The predicted octanol–water partition coefficient (Wildman–Crippen LogP) is 2.45. The fourth-order valence-corrected chi connectivity index (χ4v) is 2.06. The molecule has 6 nitrogen and oxygen atoms in total. The first kappa shape index (κ1) is 16.7. The molecule has 6 heteroatoms. The summed E-state index contributed by atoms with van der Waals surface area (Å²) in [6.45, 7) is 7.31. The molecule has 0 aromatic carbocycles. The molecular weight excluding hydrogens is 290 g/mol. The third-order valence-electron chi connectivity index (χ3n) is 3.17. The summed E-state index contributed by atoms with van der Waals surface area (Å²) in [5.74, 6) is 0.729. The van der Waals surface area contributed by atoms with Gasteiger partial charge in [0.15, 0.2) is 0 Å². The van der Waals surface area contributed by atoms with E-state index >= 15 is 0 Å². The molecule has 122 valence electrons. The smallest absolute Gasteiger partial charge is 0.270 e. The molecule has 0 aliphatic rings. The van der Waals surface area contributed by atoms with Crippen LogP contribution >= 0.6 is 0 Å². The summed E-state index contributed by atoms with van der Waals surface area (Å²) in [6, 6.07) is 7.62. The molecule has 0 saturated heterocycles. The molecule has 0 aliphatic carbocycles.